The summed E-state index contributed by atoms with van der Waals surface area (Å²) in [6, 6.07) is 16.6. The van der Waals surface area contributed by atoms with Crippen LogP contribution in [-0.4, -0.2) is 41.6 Å². The predicted molar refractivity (Wildman–Crippen MR) is 101 cm³/mol. The summed E-state index contributed by atoms with van der Waals surface area (Å²) >= 11 is 0. The van der Waals surface area contributed by atoms with E-state index >= 15 is 0 Å². The maximum absolute atomic E-state index is 13.4. The number of quaternary nitrogens is 1. The molecule has 1 aliphatic rings. The zero-order valence-corrected chi connectivity index (χ0v) is 15.6. The molecule has 5 nitrogen and oxygen atoms in total. The number of H-pyrrole nitrogens is 1. The summed E-state index contributed by atoms with van der Waals surface area (Å²) < 4.78 is 26.7. The van der Waals surface area contributed by atoms with Gasteiger partial charge in [-0.1, -0.05) is 30.3 Å². The minimum atomic E-state index is -3.60. The fraction of sp³-hybridized carbons (Fsp3) is 0.250. The Kier molecular flexibility index (Phi) is 4.38. The van der Waals surface area contributed by atoms with E-state index in [-0.39, 0.29) is 0 Å². The SMILES string of the molecule is C[NH+]1CCN(c2c(S(=O)(=O)c3ccccc3)c[nH+]c3ccccc23)CC1. The standard InChI is InChI=1S/C20H21N3O2S/c1-22-11-13-23(14-12-22)20-17-9-5-6-10-18(17)21-15-19(20)26(24,25)16-7-3-2-4-8-16/h2-10,15H,11-14H2,1H3/p+2. The van der Waals surface area contributed by atoms with Gasteiger partial charge in [0.1, 0.15) is 0 Å². The number of pyridine rings is 1. The second-order valence-electron chi connectivity index (χ2n) is 6.81. The zero-order valence-electron chi connectivity index (χ0n) is 14.8. The van der Waals surface area contributed by atoms with Gasteiger partial charge in [0.25, 0.3) is 0 Å². The molecule has 134 valence electrons. The quantitative estimate of drug-likeness (QED) is 0.744. The van der Waals surface area contributed by atoms with E-state index in [2.05, 4.69) is 16.9 Å². The Balaban J connectivity index is 1.94. The van der Waals surface area contributed by atoms with Crippen molar-refractivity contribution < 1.29 is 18.3 Å². The third-order valence-corrected chi connectivity index (χ3v) is 6.83. The molecule has 1 fully saturated rings. The number of aromatic amines is 1. The molecule has 3 aromatic rings. The number of rotatable bonds is 3. The van der Waals surface area contributed by atoms with Crippen LogP contribution in [0.2, 0.25) is 0 Å². The van der Waals surface area contributed by atoms with E-state index in [1.165, 1.54) is 4.90 Å². The molecule has 0 radical (unpaired) electrons. The van der Waals surface area contributed by atoms with Crippen LogP contribution in [0.15, 0.2) is 70.6 Å². The van der Waals surface area contributed by atoms with Crippen molar-refractivity contribution in [2.75, 3.05) is 38.1 Å². The number of aromatic nitrogens is 1. The molecule has 1 aliphatic heterocycles. The molecule has 2 heterocycles. The Morgan fingerprint density at radius 1 is 0.962 bits per heavy atom. The second kappa shape index (κ2) is 6.70. The van der Waals surface area contributed by atoms with Crippen molar-refractivity contribution >= 4 is 26.4 Å². The molecule has 0 saturated carbocycles. The number of anilines is 1. The second-order valence-corrected chi connectivity index (χ2v) is 8.73. The molecule has 2 aromatic carbocycles. The number of fused-ring (bicyclic) bond motifs is 1. The molecular formula is C20H23N3O2S+2. The number of hydrogen-bond donors (Lipinski definition) is 1. The van der Waals surface area contributed by atoms with Gasteiger partial charge in [0.15, 0.2) is 11.1 Å². The van der Waals surface area contributed by atoms with Crippen LogP contribution < -0.4 is 14.8 Å². The van der Waals surface area contributed by atoms with Gasteiger partial charge >= 0.3 is 0 Å². The number of piperazine rings is 1. The fourth-order valence-electron chi connectivity index (χ4n) is 3.53. The van der Waals surface area contributed by atoms with Crippen LogP contribution >= 0.6 is 0 Å². The van der Waals surface area contributed by atoms with E-state index in [9.17, 15) is 8.42 Å². The van der Waals surface area contributed by atoms with E-state index in [0.29, 0.717) is 9.79 Å². The van der Waals surface area contributed by atoms with Gasteiger partial charge in [0, 0.05) is 6.07 Å². The maximum Gasteiger partial charge on any atom is 0.214 e. The number of hydrogen-bond acceptors (Lipinski definition) is 3. The van der Waals surface area contributed by atoms with Gasteiger partial charge in [-0.25, -0.2) is 13.4 Å². The third-order valence-electron chi connectivity index (χ3n) is 5.05. The molecule has 4 rings (SSSR count). The molecule has 0 spiro atoms. The Labute approximate surface area is 153 Å². The summed E-state index contributed by atoms with van der Waals surface area (Å²) in [5, 5.41) is 0.948. The highest BCUT2D eigenvalue weighted by molar-refractivity contribution is 7.91. The molecule has 2 N–H and O–H groups in total. The lowest BCUT2D eigenvalue weighted by atomic mass is 10.1. The molecule has 0 aliphatic carbocycles. The number of sulfone groups is 1. The van der Waals surface area contributed by atoms with Crippen molar-refractivity contribution in [3.05, 3.63) is 60.8 Å². The van der Waals surface area contributed by atoms with E-state index in [4.69, 9.17) is 0 Å². The van der Waals surface area contributed by atoms with Crippen molar-refractivity contribution in [1.82, 2.24) is 0 Å². The van der Waals surface area contributed by atoms with Crippen LogP contribution in [0.3, 0.4) is 0 Å². The van der Waals surface area contributed by atoms with Crippen molar-refractivity contribution in [3.8, 4) is 0 Å². The highest BCUT2D eigenvalue weighted by Crippen LogP contribution is 2.34. The molecule has 0 amide bonds. The molecule has 0 atom stereocenters. The number of para-hydroxylation sites is 1. The van der Waals surface area contributed by atoms with Crippen LogP contribution in [0.4, 0.5) is 5.69 Å². The lowest BCUT2D eigenvalue weighted by Gasteiger charge is -2.32. The summed E-state index contributed by atoms with van der Waals surface area (Å²) in [6.45, 7) is 3.68. The zero-order chi connectivity index (χ0) is 18.1. The van der Waals surface area contributed by atoms with Crippen molar-refractivity contribution in [3.63, 3.8) is 0 Å². The molecule has 6 heteroatoms. The van der Waals surface area contributed by atoms with Crippen molar-refractivity contribution in [2.24, 2.45) is 0 Å². The minimum absolute atomic E-state index is 0.324. The van der Waals surface area contributed by atoms with Crippen LogP contribution in [0.25, 0.3) is 10.9 Å². The lowest BCUT2D eigenvalue weighted by molar-refractivity contribution is -0.880. The first-order valence-electron chi connectivity index (χ1n) is 8.87. The number of benzene rings is 2. The van der Waals surface area contributed by atoms with Gasteiger partial charge in [-0.2, -0.15) is 0 Å². The highest BCUT2D eigenvalue weighted by Gasteiger charge is 2.30. The first kappa shape index (κ1) is 17.0. The summed E-state index contributed by atoms with van der Waals surface area (Å²) in [5.41, 5.74) is 1.76. The van der Waals surface area contributed by atoms with Gasteiger partial charge < -0.3 is 9.80 Å². The van der Waals surface area contributed by atoms with Crippen molar-refractivity contribution in [1.29, 1.82) is 0 Å². The number of likely N-dealkylation sites (N-methyl/N-ethyl adjacent to an activating group) is 1. The first-order valence-corrected chi connectivity index (χ1v) is 10.4. The van der Waals surface area contributed by atoms with E-state index < -0.39 is 9.84 Å². The molecule has 0 bridgehead atoms. The summed E-state index contributed by atoms with van der Waals surface area (Å²) in [7, 11) is -1.43. The molecule has 26 heavy (non-hydrogen) atoms. The number of nitrogens with zero attached hydrogens (tertiary/aromatic N) is 1. The average molecular weight is 369 g/mol. The first-order chi connectivity index (χ1) is 12.6. The van der Waals surface area contributed by atoms with E-state index in [0.717, 1.165) is 42.8 Å². The average Bonchev–Trinajstić information content (AvgIpc) is 2.68. The lowest BCUT2D eigenvalue weighted by Crippen LogP contribution is -3.12. The fourth-order valence-corrected chi connectivity index (χ4v) is 5.01. The van der Waals surface area contributed by atoms with Gasteiger partial charge in [-0.05, 0) is 18.2 Å². The van der Waals surface area contributed by atoms with Crippen LogP contribution in [0, 0.1) is 0 Å². The molecule has 1 saturated heterocycles. The van der Waals surface area contributed by atoms with Crippen molar-refractivity contribution in [2.45, 2.75) is 9.79 Å². The van der Waals surface area contributed by atoms with Gasteiger partial charge in [0.05, 0.1) is 49.2 Å². The molecular weight excluding hydrogens is 346 g/mol. The normalized spacial score (nSPS) is 16.1. The van der Waals surface area contributed by atoms with Crippen LogP contribution in [0.5, 0.6) is 0 Å². The largest absolute Gasteiger partial charge is 0.358 e. The van der Waals surface area contributed by atoms with Gasteiger partial charge in [-0.3, -0.25) is 0 Å². The topological polar surface area (TPSA) is 56.0 Å². The Morgan fingerprint density at radius 3 is 2.35 bits per heavy atom. The Hall–Kier alpha value is -2.44. The predicted octanol–water partition coefficient (Wildman–Crippen LogP) is 0.821. The van der Waals surface area contributed by atoms with Crippen LogP contribution in [0.1, 0.15) is 0 Å². The Morgan fingerprint density at radius 2 is 1.62 bits per heavy atom. The number of nitrogens with one attached hydrogen (secondary N) is 2. The van der Waals surface area contributed by atoms with Crippen LogP contribution in [-0.2, 0) is 9.84 Å². The highest BCUT2D eigenvalue weighted by atomic mass is 32.2. The maximum atomic E-state index is 13.4. The molecule has 1 aromatic heterocycles. The van der Waals surface area contributed by atoms with E-state index in [1.54, 1.807) is 30.5 Å². The monoisotopic (exact) mass is 369 g/mol. The summed E-state index contributed by atoms with van der Waals surface area (Å²) in [5.74, 6) is 0. The minimum Gasteiger partial charge on any atom is -0.358 e. The van der Waals surface area contributed by atoms with Gasteiger partial charge in [-0.15, -0.1) is 0 Å². The van der Waals surface area contributed by atoms with Gasteiger partial charge in [0.2, 0.25) is 15.4 Å². The Bertz CT molecular complexity index is 1030. The third kappa shape index (κ3) is 2.95. The summed E-state index contributed by atoms with van der Waals surface area (Å²) in [6.07, 6.45) is 1.64. The smallest absolute Gasteiger partial charge is 0.214 e. The molecule has 0 unspecified atom stereocenters. The van der Waals surface area contributed by atoms with E-state index in [1.807, 2.05) is 30.3 Å². The summed E-state index contributed by atoms with van der Waals surface area (Å²) in [4.78, 5) is 7.54.